The number of nitrogens with zero attached hydrogens (tertiary/aromatic N) is 4. The number of carbonyl (C=O) groups is 1. The lowest BCUT2D eigenvalue weighted by Gasteiger charge is -2.16. The highest BCUT2D eigenvalue weighted by atomic mass is 35.5. The van der Waals surface area contributed by atoms with Gasteiger partial charge in [-0.2, -0.15) is 5.10 Å². The van der Waals surface area contributed by atoms with Crippen molar-refractivity contribution in [3.63, 3.8) is 0 Å². The SMILES string of the molecule is CCn1c(-c2ccccc2)nn(CN(C)CC(=O)Nc2ccccc2Cl)c1=S. The van der Waals surface area contributed by atoms with Crippen LogP contribution in [0.3, 0.4) is 0 Å². The van der Waals surface area contributed by atoms with Crippen molar-refractivity contribution in [1.29, 1.82) is 0 Å². The van der Waals surface area contributed by atoms with Crippen LogP contribution in [0.5, 0.6) is 0 Å². The van der Waals surface area contributed by atoms with Crippen molar-refractivity contribution >= 4 is 35.4 Å². The zero-order valence-electron chi connectivity index (χ0n) is 15.8. The lowest BCUT2D eigenvalue weighted by Crippen LogP contribution is -2.32. The predicted molar refractivity (Wildman–Crippen MR) is 115 cm³/mol. The second kappa shape index (κ2) is 9.14. The molecule has 6 nitrogen and oxygen atoms in total. The number of halogens is 1. The van der Waals surface area contributed by atoms with E-state index in [2.05, 4.69) is 10.4 Å². The van der Waals surface area contributed by atoms with Crippen LogP contribution in [0.25, 0.3) is 11.4 Å². The van der Waals surface area contributed by atoms with Crippen molar-refractivity contribution in [3.8, 4) is 11.4 Å². The summed E-state index contributed by atoms with van der Waals surface area (Å²) in [5.41, 5.74) is 1.61. The first-order valence-electron chi connectivity index (χ1n) is 8.95. The monoisotopic (exact) mass is 415 g/mol. The van der Waals surface area contributed by atoms with Crippen LogP contribution in [0.4, 0.5) is 5.69 Å². The van der Waals surface area contributed by atoms with Gasteiger partial charge in [0, 0.05) is 12.1 Å². The number of nitrogens with one attached hydrogen (secondary N) is 1. The van der Waals surface area contributed by atoms with E-state index >= 15 is 0 Å². The molecule has 0 aliphatic rings. The van der Waals surface area contributed by atoms with Crippen LogP contribution < -0.4 is 5.32 Å². The lowest BCUT2D eigenvalue weighted by atomic mass is 10.2. The standard InChI is InChI=1S/C20H22ClN5OS/c1-3-25-19(15-9-5-4-6-10-15)23-26(20(25)28)14-24(2)13-18(27)22-17-12-8-7-11-16(17)21/h4-12H,3,13-14H2,1-2H3,(H,22,27). The number of amides is 1. The fourth-order valence-corrected chi connectivity index (χ4v) is 3.39. The molecule has 0 saturated carbocycles. The summed E-state index contributed by atoms with van der Waals surface area (Å²) in [7, 11) is 1.85. The van der Waals surface area contributed by atoms with E-state index in [-0.39, 0.29) is 12.5 Å². The van der Waals surface area contributed by atoms with Crippen molar-refractivity contribution in [2.45, 2.75) is 20.1 Å². The van der Waals surface area contributed by atoms with Gasteiger partial charge in [0.2, 0.25) is 5.91 Å². The maximum Gasteiger partial charge on any atom is 0.238 e. The van der Waals surface area contributed by atoms with E-state index in [9.17, 15) is 4.79 Å². The summed E-state index contributed by atoms with van der Waals surface area (Å²) in [5, 5.41) is 8.01. The van der Waals surface area contributed by atoms with Gasteiger partial charge in [0.25, 0.3) is 0 Å². The first-order valence-corrected chi connectivity index (χ1v) is 9.74. The lowest BCUT2D eigenvalue weighted by molar-refractivity contribution is -0.117. The van der Waals surface area contributed by atoms with E-state index in [1.165, 1.54) is 0 Å². The molecule has 1 aromatic heterocycles. The number of benzene rings is 2. The minimum Gasteiger partial charge on any atom is -0.324 e. The molecule has 0 radical (unpaired) electrons. The smallest absolute Gasteiger partial charge is 0.238 e. The number of anilines is 1. The van der Waals surface area contributed by atoms with Crippen LogP contribution in [0.1, 0.15) is 6.92 Å². The molecule has 0 aliphatic carbocycles. The van der Waals surface area contributed by atoms with E-state index < -0.39 is 0 Å². The van der Waals surface area contributed by atoms with Crippen molar-refractivity contribution in [2.24, 2.45) is 0 Å². The largest absolute Gasteiger partial charge is 0.324 e. The molecule has 1 N–H and O–H groups in total. The summed E-state index contributed by atoms with van der Waals surface area (Å²) >= 11 is 11.7. The Morgan fingerprint density at radius 1 is 1.18 bits per heavy atom. The van der Waals surface area contributed by atoms with E-state index in [1.54, 1.807) is 16.8 Å². The van der Waals surface area contributed by atoms with Crippen LogP contribution in [0, 0.1) is 4.77 Å². The van der Waals surface area contributed by atoms with Crippen molar-refractivity contribution < 1.29 is 4.79 Å². The van der Waals surface area contributed by atoms with E-state index in [0.29, 0.717) is 22.1 Å². The maximum atomic E-state index is 12.3. The summed E-state index contributed by atoms with van der Waals surface area (Å²) in [6, 6.07) is 17.1. The van der Waals surface area contributed by atoms with Gasteiger partial charge < -0.3 is 9.88 Å². The van der Waals surface area contributed by atoms with Gasteiger partial charge >= 0.3 is 0 Å². The highest BCUT2D eigenvalue weighted by Gasteiger charge is 2.14. The molecule has 1 heterocycles. The molecule has 3 rings (SSSR count). The predicted octanol–water partition coefficient (Wildman–Crippen LogP) is 4.28. The fourth-order valence-electron chi connectivity index (χ4n) is 2.90. The van der Waals surface area contributed by atoms with E-state index in [0.717, 1.165) is 17.9 Å². The molecule has 0 atom stereocenters. The Hall–Kier alpha value is -2.48. The summed E-state index contributed by atoms with van der Waals surface area (Å²) in [6.45, 7) is 3.35. The third-order valence-corrected chi connectivity index (χ3v) is 4.97. The van der Waals surface area contributed by atoms with Gasteiger partial charge in [0.1, 0.15) is 0 Å². The second-order valence-electron chi connectivity index (χ2n) is 6.40. The average molecular weight is 416 g/mol. The van der Waals surface area contributed by atoms with Gasteiger partial charge in [-0.3, -0.25) is 9.69 Å². The molecule has 0 unspecified atom stereocenters. The van der Waals surface area contributed by atoms with Gasteiger partial charge in [0.15, 0.2) is 10.6 Å². The number of aromatic nitrogens is 3. The summed E-state index contributed by atoms with van der Waals surface area (Å²) in [6.07, 6.45) is 0. The number of hydrogen-bond donors (Lipinski definition) is 1. The highest BCUT2D eigenvalue weighted by Crippen LogP contribution is 2.20. The molecule has 3 aromatic rings. The molecule has 0 saturated heterocycles. The van der Waals surface area contributed by atoms with Crippen LogP contribution in [-0.2, 0) is 18.0 Å². The Bertz CT molecular complexity index is 1010. The Morgan fingerprint density at radius 2 is 1.86 bits per heavy atom. The topological polar surface area (TPSA) is 55.1 Å². The number of rotatable bonds is 7. The number of likely N-dealkylation sites (N-methyl/N-ethyl adjacent to an activating group) is 1. The van der Waals surface area contributed by atoms with Crippen LogP contribution in [0.15, 0.2) is 54.6 Å². The quantitative estimate of drug-likeness (QED) is 0.585. The maximum absolute atomic E-state index is 12.3. The zero-order valence-corrected chi connectivity index (χ0v) is 17.4. The first kappa shape index (κ1) is 20.3. The highest BCUT2D eigenvalue weighted by molar-refractivity contribution is 7.71. The molecule has 146 valence electrons. The summed E-state index contributed by atoms with van der Waals surface area (Å²) in [5.74, 6) is 0.669. The molecule has 28 heavy (non-hydrogen) atoms. The Labute approximate surface area is 174 Å². The molecule has 0 spiro atoms. The number of hydrogen-bond acceptors (Lipinski definition) is 4. The van der Waals surface area contributed by atoms with E-state index in [1.807, 2.05) is 65.9 Å². The van der Waals surface area contributed by atoms with Gasteiger partial charge in [-0.25, -0.2) is 4.68 Å². The third-order valence-electron chi connectivity index (χ3n) is 4.21. The van der Waals surface area contributed by atoms with Gasteiger partial charge in [0.05, 0.1) is 23.9 Å². The molecule has 2 aromatic carbocycles. The Balaban J connectivity index is 1.71. The summed E-state index contributed by atoms with van der Waals surface area (Å²) < 4.78 is 4.35. The van der Waals surface area contributed by atoms with Crippen LogP contribution in [0.2, 0.25) is 5.02 Å². The number of para-hydroxylation sites is 1. The van der Waals surface area contributed by atoms with Gasteiger partial charge in [-0.05, 0) is 38.3 Å². The first-order chi connectivity index (χ1) is 13.5. The second-order valence-corrected chi connectivity index (χ2v) is 7.17. The molecular formula is C20H22ClN5OS. The zero-order chi connectivity index (χ0) is 20.1. The van der Waals surface area contributed by atoms with Gasteiger partial charge in [-0.15, -0.1) is 0 Å². The van der Waals surface area contributed by atoms with Crippen molar-refractivity contribution in [2.75, 3.05) is 18.9 Å². The van der Waals surface area contributed by atoms with Crippen molar-refractivity contribution in [3.05, 3.63) is 64.4 Å². The Morgan fingerprint density at radius 3 is 2.54 bits per heavy atom. The molecule has 0 aliphatic heterocycles. The van der Waals surface area contributed by atoms with Crippen LogP contribution >= 0.6 is 23.8 Å². The normalized spacial score (nSPS) is 11.0. The van der Waals surface area contributed by atoms with Crippen molar-refractivity contribution in [1.82, 2.24) is 19.2 Å². The minimum absolute atomic E-state index is 0.152. The molecule has 0 fully saturated rings. The molecule has 0 bridgehead atoms. The summed E-state index contributed by atoms with van der Waals surface area (Å²) in [4.78, 5) is 14.2. The average Bonchev–Trinajstić information content (AvgIpc) is 2.99. The van der Waals surface area contributed by atoms with E-state index in [4.69, 9.17) is 23.8 Å². The van der Waals surface area contributed by atoms with Crippen LogP contribution in [-0.4, -0.2) is 38.7 Å². The number of carbonyl (C=O) groups excluding carboxylic acids is 1. The molecular weight excluding hydrogens is 394 g/mol. The third kappa shape index (κ3) is 4.67. The van der Waals surface area contributed by atoms with Gasteiger partial charge in [-0.1, -0.05) is 54.1 Å². The molecule has 1 amide bonds. The minimum atomic E-state index is -0.152. The Kier molecular flexibility index (Phi) is 6.61. The fraction of sp³-hybridized carbons (Fsp3) is 0.250. The molecule has 8 heteroatoms.